The van der Waals surface area contributed by atoms with Gasteiger partial charge in [-0.05, 0) is 24.6 Å². The molecule has 7 heteroatoms. The lowest BCUT2D eigenvalue weighted by molar-refractivity contribution is -0.384. The number of nitrogens with one attached hydrogen (secondary N) is 1. The number of nitrogens with zero attached hydrogens (tertiary/aromatic N) is 3. The van der Waals surface area contributed by atoms with E-state index < -0.39 is 4.92 Å². The highest BCUT2D eigenvalue weighted by molar-refractivity contribution is 6.34. The van der Waals surface area contributed by atoms with Crippen molar-refractivity contribution in [2.24, 2.45) is 5.10 Å². The number of hydrogen-bond acceptors (Lipinski definition) is 4. The Balaban J connectivity index is 1.86. The Bertz CT molecular complexity index is 932. The molecular weight excluding hydrogens is 340 g/mol. The summed E-state index contributed by atoms with van der Waals surface area (Å²) in [5.74, 6) is 0. The highest BCUT2D eigenvalue weighted by atomic mass is 35.5. The summed E-state index contributed by atoms with van der Waals surface area (Å²) in [7, 11) is 0. The molecule has 0 aliphatic carbocycles. The Morgan fingerprint density at radius 1 is 1.24 bits per heavy atom. The zero-order valence-corrected chi connectivity index (χ0v) is 14.4. The van der Waals surface area contributed by atoms with Gasteiger partial charge < -0.3 is 4.57 Å². The lowest BCUT2D eigenvalue weighted by Crippen LogP contribution is -1.96. The summed E-state index contributed by atoms with van der Waals surface area (Å²) in [6.45, 7) is 2.94. The fourth-order valence-corrected chi connectivity index (χ4v) is 3.02. The minimum absolute atomic E-state index is 0.0419. The van der Waals surface area contributed by atoms with Crippen molar-refractivity contribution in [1.82, 2.24) is 4.57 Å². The standard InChI is InChI=1S/C18H17ClN4O2/c1-2-11-22-17-6-4-3-5-15(17)16(18(22)19)12-20-21-13-7-9-14(10-8-13)23(24)25/h3-10,12,21H,2,11H2,1H3/b20-12-. The molecule has 0 amide bonds. The maximum Gasteiger partial charge on any atom is 0.269 e. The number of para-hydroxylation sites is 1. The fraction of sp³-hybridized carbons (Fsp3) is 0.167. The van der Waals surface area contributed by atoms with Crippen molar-refractivity contribution in [2.75, 3.05) is 5.43 Å². The van der Waals surface area contributed by atoms with Gasteiger partial charge in [-0.25, -0.2) is 0 Å². The molecule has 25 heavy (non-hydrogen) atoms. The molecular formula is C18H17ClN4O2. The van der Waals surface area contributed by atoms with Gasteiger partial charge in [0.15, 0.2) is 0 Å². The lowest BCUT2D eigenvalue weighted by atomic mass is 10.2. The van der Waals surface area contributed by atoms with E-state index in [-0.39, 0.29) is 5.69 Å². The van der Waals surface area contributed by atoms with E-state index in [1.165, 1.54) is 12.1 Å². The molecule has 0 bridgehead atoms. The van der Waals surface area contributed by atoms with Crippen molar-refractivity contribution in [2.45, 2.75) is 19.9 Å². The van der Waals surface area contributed by atoms with Crippen LogP contribution in [0, 0.1) is 10.1 Å². The Kier molecular flexibility index (Phi) is 5.00. The molecule has 1 aromatic heterocycles. The quantitative estimate of drug-likeness (QED) is 0.381. The summed E-state index contributed by atoms with van der Waals surface area (Å²) in [5, 5.41) is 16.6. The van der Waals surface area contributed by atoms with E-state index in [9.17, 15) is 10.1 Å². The number of hydrazone groups is 1. The molecule has 0 aliphatic rings. The number of hydrogen-bond donors (Lipinski definition) is 1. The molecule has 2 aromatic carbocycles. The van der Waals surface area contributed by atoms with Crippen molar-refractivity contribution < 1.29 is 4.92 Å². The van der Waals surface area contributed by atoms with E-state index in [0.717, 1.165) is 29.4 Å². The maximum atomic E-state index is 10.7. The smallest absolute Gasteiger partial charge is 0.269 e. The molecule has 128 valence electrons. The van der Waals surface area contributed by atoms with Crippen molar-refractivity contribution in [3.63, 3.8) is 0 Å². The van der Waals surface area contributed by atoms with Gasteiger partial charge in [0.25, 0.3) is 5.69 Å². The summed E-state index contributed by atoms with van der Waals surface area (Å²) >= 11 is 6.54. The molecule has 0 unspecified atom stereocenters. The van der Waals surface area contributed by atoms with Crippen molar-refractivity contribution >= 4 is 40.1 Å². The average Bonchev–Trinajstić information content (AvgIpc) is 2.88. The van der Waals surface area contributed by atoms with Crippen molar-refractivity contribution in [3.05, 3.63) is 69.4 Å². The van der Waals surface area contributed by atoms with Gasteiger partial charge >= 0.3 is 0 Å². The Morgan fingerprint density at radius 3 is 2.64 bits per heavy atom. The van der Waals surface area contributed by atoms with Crippen molar-refractivity contribution in [3.8, 4) is 0 Å². The summed E-state index contributed by atoms with van der Waals surface area (Å²) < 4.78 is 2.07. The number of nitro benzene ring substituents is 1. The van der Waals surface area contributed by atoms with Crippen LogP contribution in [-0.4, -0.2) is 15.7 Å². The summed E-state index contributed by atoms with van der Waals surface area (Å²) in [6.07, 6.45) is 2.66. The van der Waals surface area contributed by atoms with Gasteiger partial charge in [-0.15, -0.1) is 0 Å². The number of aryl methyl sites for hydroxylation is 1. The van der Waals surface area contributed by atoms with E-state index in [1.807, 2.05) is 24.3 Å². The highest BCUT2D eigenvalue weighted by Gasteiger charge is 2.13. The van der Waals surface area contributed by atoms with E-state index in [1.54, 1.807) is 18.3 Å². The molecule has 0 radical (unpaired) electrons. The largest absolute Gasteiger partial charge is 0.331 e. The number of aromatic nitrogens is 1. The molecule has 1 N–H and O–H groups in total. The third kappa shape index (κ3) is 3.49. The maximum absolute atomic E-state index is 10.7. The molecule has 0 saturated carbocycles. The zero-order valence-electron chi connectivity index (χ0n) is 13.6. The summed E-state index contributed by atoms with van der Waals surface area (Å²) in [6, 6.07) is 14.1. The number of non-ortho nitro benzene ring substituents is 1. The first-order chi connectivity index (χ1) is 12.1. The normalized spacial score (nSPS) is 11.3. The molecule has 0 spiro atoms. The molecule has 6 nitrogen and oxygen atoms in total. The number of fused-ring (bicyclic) bond motifs is 1. The van der Waals surface area contributed by atoms with E-state index in [4.69, 9.17) is 11.6 Å². The minimum atomic E-state index is -0.435. The van der Waals surface area contributed by atoms with Gasteiger partial charge in [-0.3, -0.25) is 15.5 Å². The van der Waals surface area contributed by atoms with Gasteiger partial charge in [-0.1, -0.05) is 36.7 Å². The number of rotatable bonds is 6. The van der Waals surface area contributed by atoms with Crippen LogP contribution in [0.2, 0.25) is 5.15 Å². The first-order valence-corrected chi connectivity index (χ1v) is 8.30. The van der Waals surface area contributed by atoms with Gasteiger partial charge in [0.05, 0.1) is 16.8 Å². The predicted octanol–water partition coefficient (Wildman–Crippen LogP) is 5.06. The lowest BCUT2D eigenvalue weighted by Gasteiger charge is -2.04. The number of halogens is 1. The van der Waals surface area contributed by atoms with E-state index in [0.29, 0.717) is 10.8 Å². The van der Waals surface area contributed by atoms with Crippen LogP contribution in [0.3, 0.4) is 0 Å². The second kappa shape index (κ2) is 7.36. The highest BCUT2D eigenvalue weighted by Crippen LogP contribution is 2.29. The Hall–Kier alpha value is -2.86. The van der Waals surface area contributed by atoms with Gasteiger partial charge in [0.1, 0.15) is 5.15 Å². The minimum Gasteiger partial charge on any atom is -0.331 e. The number of anilines is 1. The molecule has 1 heterocycles. The van der Waals surface area contributed by atoms with E-state index in [2.05, 4.69) is 22.0 Å². The zero-order chi connectivity index (χ0) is 17.8. The summed E-state index contributed by atoms with van der Waals surface area (Å²) in [5.41, 5.74) is 5.50. The number of benzene rings is 2. The molecule has 0 aliphatic heterocycles. The van der Waals surface area contributed by atoms with Crippen LogP contribution in [0.25, 0.3) is 10.9 Å². The van der Waals surface area contributed by atoms with Crippen LogP contribution in [-0.2, 0) is 6.54 Å². The molecule has 3 aromatic rings. The fourth-order valence-electron chi connectivity index (χ4n) is 2.69. The third-order valence-corrected chi connectivity index (χ3v) is 4.26. The van der Waals surface area contributed by atoms with Crippen LogP contribution < -0.4 is 5.43 Å². The van der Waals surface area contributed by atoms with Crippen LogP contribution in [0.5, 0.6) is 0 Å². The van der Waals surface area contributed by atoms with Gasteiger partial charge in [0, 0.05) is 35.1 Å². The Morgan fingerprint density at radius 2 is 1.96 bits per heavy atom. The second-order valence-corrected chi connectivity index (χ2v) is 5.91. The monoisotopic (exact) mass is 356 g/mol. The molecule has 0 saturated heterocycles. The van der Waals surface area contributed by atoms with Crippen LogP contribution in [0.4, 0.5) is 11.4 Å². The third-order valence-electron chi connectivity index (χ3n) is 3.86. The molecule has 3 rings (SSSR count). The SMILES string of the molecule is CCCn1c(Cl)c(/C=N\Nc2ccc([N+](=O)[O-])cc2)c2ccccc21. The van der Waals surface area contributed by atoms with Crippen LogP contribution in [0.15, 0.2) is 53.6 Å². The van der Waals surface area contributed by atoms with E-state index >= 15 is 0 Å². The predicted molar refractivity (Wildman–Crippen MR) is 102 cm³/mol. The van der Waals surface area contributed by atoms with Crippen LogP contribution >= 0.6 is 11.6 Å². The summed E-state index contributed by atoms with van der Waals surface area (Å²) in [4.78, 5) is 10.2. The van der Waals surface area contributed by atoms with Gasteiger partial charge in [-0.2, -0.15) is 5.10 Å². The van der Waals surface area contributed by atoms with Crippen LogP contribution in [0.1, 0.15) is 18.9 Å². The average molecular weight is 357 g/mol. The first kappa shape index (κ1) is 17.0. The second-order valence-electron chi connectivity index (χ2n) is 5.55. The first-order valence-electron chi connectivity index (χ1n) is 7.92. The number of nitro groups is 1. The molecule has 0 fully saturated rings. The van der Waals surface area contributed by atoms with Gasteiger partial charge in [0.2, 0.25) is 0 Å². The Labute approximate surface area is 149 Å². The van der Waals surface area contributed by atoms with Crippen molar-refractivity contribution in [1.29, 1.82) is 0 Å². The topological polar surface area (TPSA) is 72.5 Å². The molecule has 0 atom stereocenters.